The minimum Gasteiger partial charge on any atom is -0.461 e. The number of hydrogen-bond acceptors (Lipinski definition) is 5. The standard InChI is InChI=1S/C20H22BrNO5S/c21-18-3-1-2-17(14-18)15-27-20(23)9-6-16-4-7-19(8-5-16)28(24,25)22-10-12-26-13-11-22/h1-5,7-8,14H,6,9-13,15H2. The van der Waals surface area contributed by atoms with Gasteiger partial charge in [-0.05, 0) is 41.8 Å². The zero-order valence-corrected chi connectivity index (χ0v) is 17.7. The number of aryl methyl sites for hydroxylation is 1. The molecule has 6 nitrogen and oxygen atoms in total. The zero-order valence-electron chi connectivity index (χ0n) is 15.3. The van der Waals surface area contributed by atoms with Gasteiger partial charge in [-0.3, -0.25) is 4.79 Å². The summed E-state index contributed by atoms with van der Waals surface area (Å²) in [6.07, 6.45) is 0.735. The Kier molecular flexibility index (Phi) is 7.23. The molecule has 0 radical (unpaired) electrons. The predicted octanol–water partition coefficient (Wildman–Crippen LogP) is 3.15. The van der Waals surface area contributed by atoms with E-state index in [1.807, 2.05) is 24.3 Å². The number of ether oxygens (including phenoxy) is 2. The van der Waals surface area contributed by atoms with Gasteiger partial charge in [0.05, 0.1) is 18.1 Å². The topological polar surface area (TPSA) is 72.9 Å². The van der Waals surface area contributed by atoms with Crippen molar-refractivity contribution in [2.24, 2.45) is 0 Å². The van der Waals surface area contributed by atoms with Crippen molar-refractivity contribution in [2.45, 2.75) is 24.3 Å². The molecule has 28 heavy (non-hydrogen) atoms. The number of esters is 1. The number of morpholine rings is 1. The second-order valence-corrected chi connectivity index (χ2v) is 9.30. The molecule has 1 aliphatic rings. The van der Waals surface area contributed by atoms with Crippen molar-refractivity contribution in [1.29, 1.82) is 0 Å². The Labute approximate surface area is 173 Å². The number of nitrogens with zero attached hydrogens (tertiary/aromatic N) is 1. The van der Waals surface area contributed by atoms with E-state index < -0.39 is 10.0 Å². The first kappa shape index (κ1) is 21.0. The van der Waals surface area contributed by atoms with Crippen molar-refractivity contribution < 1.29 is 22.7 Å². The number of hydrogen-bond donors (Lipinski definition) is 0. The summed E-state index contributed by atoms with van der Waals surface area (Å²) in [6, 6.07) is 14.3. The highest BCUT2D eigenvalue weighted by molar-refractivity contribution is 9.10. The molecule has 8 heteroatoms. The van der Waals surface area contributed by atoms with E-state index in [-0.39, 0.29) is 23.9 Å². The second kappa shape index (κ2) is 9.65. The molecule has 1 heterocycles. The highest BCUT2D eigenvalue weighted by Crippen LogP contribution is 2.18. The van der Waals surface area contributed by atoms with Crippen LogP contribution in [0.5, 0.6) is 0 Å². The fourth-order valence-electron chi connectivity index (χ4n) is 2.87. The SMILES string of the molecule is O=C(CCc1ccc(S(=O)(=O)N2CCOCC2)cc1)OCc1cccc(Br)c1. The van der Waals surface area contributed by atoms with Gasteiger partial charge in [0.15, 0.2) is 0 Å². The molecule has 0 amide bonds. The summed E-state index contributed by atoms with van der Waals surface area (Å²) in [5.74, 6) is -0.287. The molecule has 0 saturated carbocycles. The van der Waals surface area contributed by atoms with Crippen molar-refractivity contribution in [1.82, 2.24) is 4.31 Å². The average molecular weight is 468 g/mol. The average Bonchev–Trinajstić information content (AvgIpc) is 2.72. The Morgan fingerprint density at radius 1 is 1.07 bits per heavy atom. The van der Waals surface area contributed by atoms with Crippen LogP contribution < -0.4 is 0 Å². The van der Waals surface area contributed by atoms with Gasteiger partial charge in [-0.25, -0.2) is 8.42 Å². The van der Waals surface area contributed by atoms with Crippen LogP contribution in [0.4, 0.5) is 0 Å². The first-order valence-corrected chi connectivity index (χ1v) is 11.3. The van der Waals surface area contributed by atoms with Crippen LogP contribution >= 0.6 is 15.9 Å². The van der Waals surface area contributed by atoms with Crippen molar-refractivity contribution >= 4 is 31.9 Å². The molecule has 0 unspecified atom stereocenters. The van der Waals surface area contributed by atoms with Gasteiger partial charge in [-0.2, -0.15) is 4.31 Å². The Hall–Kier alpha value is -1.74. The fraction of sp³-hybridized carbons (Fsp3) is 0.350. The monoisotopic (exact) mass is 467 g/mol. The number of rotatable bonds is 7. The van der Waals surface area contributed by atoms with Crippen LogP contribution in [0.2, 0.25) is 0 Å². The first-order valence-electron chi connectivity index (χ1n) is 9.02. The number of sulfonamides is 1. The molecule has 0 N–H and O–H groups in total. The molecule has 0 atom stereocenters. The van der Waals surface area contributed by atoms with Crippen LogP contribution in [-0.4, -0.2) is 45.0 Å². The number of carbonyl (C=O) groups is 1. The Balaban J connectivity index is 1.50. The van der Waals surface area contributed by atoms with E-state index >= 15 is 0 Å². The normalized spacial score (nSPS) is 15.3. The maximum absolute atomic E-state index is 12.6. The van der Waals surface area contributed by atoms with Crippen LogP contribution in [-0.2, 0) is 37.3 Å². The van der Waals surface area contributed by atoms with Crippen LogP contribution in [0.3, 0.4) is 0 Å². The first-order chi connectivity index (χ1) is 13.4. The highest BCUT2D eigenvalue weighted by atomic mass is 79.9. The Bertz CT molecular complexity index is 908. The highest BCUT2D eigenvalue weighted by Gasteiger charge is 2.26. The van der Waals surface area contributed by atoms with E-state index in [2.05, 4.69) is 15.9 Å². The lowest BCUT2D eigenvalue weighted by Gasteiger charge is -2.26. The van der Waals surface area contributed by atoms with Gasteiger partial charge in [0, 0.05) is 24.0 Å². The third-order valence-corrected chi connectivity index (χ3v) is 6.84. The van der Waals surface area contributed by atoms with E-state index in [0.29, 0.717) is 32.7 Å². The third kappa shape index (κ3) is 5.64. The van der Waals surface area contributed by atoms with Crippen molar-refractivity contribution in [3.63, 3.8) is 0 Å². The molecule has 0 aromatic heterocycles. The van der Waals surface area contributed by atoms with Gasteiger partial charge >= 0.3 is 5.97 Å². The molecule has 0 bridgehead atoms. The van der Waals surface area contributed by atoms with E-state index in [9.17, 15) is 13.2 Å². The number of benzene rings is 2. The summed E-state index contributed by atoms with van der Waals surface area (Å²) >= 11 is 3.38. The summed E-state index contributed by atoms with van der Waals surface area (Å²) in [6.45, 7) is 1.80. The lowest BCUT2D eigenvalue weighted by atomic mass is 10.1. The predicted molar refractivity (Wildman–Crippen MR) is 108 cm³/mol. The summed E-state index contributed by atoms with van der Waals surface area (Å²) in [5, 5.41) is 0. The number of carbonyl (C=O) groups excluding carboxylic acids is 1. The molecule has 2 aromatic rings. The lowest BCUT2D eigenvalue weighted by molar-refractivity contribution is -0.144. The fourth-order valence-corrected chi connectivity index (χ4v) is 4.73. The van der Waals surface area contributed by atoms with E-state index in [4.69, 9.17) is 9.47 Å². The summed E-state index contributed by atoms with van der Waals surface area (Å²) in [7, 11) is -3.50. The van der Waals surface area contributed by atoms with Crippen molar-refractivity contribution in [3.05, 3.63) is 64.1 Å². The maximum atomic E-state index is 12.6. The van der Waals surface area contributed by atoms with Gasteiger partial charge in [0.1, 0.15) is 6.61 Å². The second-order valence-electron chi connectivity index (χ2n) is 6.45. The Morgan fingerprint density at radius 2 is 1.79 bits per heavy atom. The van der Waals surface area contributed by atoms with E-state index in [0.717, 1.165) is 15.6 Å². The van der Waals surface area contributed by atoms with E-state index in [1.54, 1.807) is 24.3 Å². The quantitative estimate of drug-likeness (QED) is 0.584. The molecule has 0 aliphatic carbocycles. The molecule has 1 aliphatic heterocycles. The van der Waals surface area contributed by atoms with Crippen LogP contribution in [0, 0.1) is 0 Å². The molecular formula is C20H22BrNO5S. The van der Waals surface area contributed by atoms with Crippen LogP contribution in [0.1, 0.15) is 17.5 Å². The van der Waals surface area contributed by atoms with Gasteiger partial charge in [-0.15, -0.1) is 0 Å². The summed E-state index contributed by atoms with van der Waals surface area (Å²) < 4.78 is 38.1. The molecule has 2 aromatic carbocycles. The van der Waals surface area contributed by atoms with Gasteiger partial charge in [-0.1, -0.05) is 40.2 Å². The lowest BCUT2D eigenvalue weighted by Crippen LogP contribution is -2.40. The number of halogens is 1. The molecule has 0 spiro atoms. The molecule has 150 valence electrons. The molecule has 1 saturated heterocycles. The van der Waals surface area contributed by atoms with Crippen molar-refractivity contribution in [3.8, 4) is 0 Å². The minimum absolute atomic E-state index is 0.231. The van der Waals surface area contributed by atoms with Gasteiger partial charge in [0.25, 0.3) is 0 Å². The molecule has 3 rings (SSSR count). The van der Waals surface area contributed by atoms with Gasteiger partial charge in [0.2, 0.25) is 10.0 Å². The molecule has 1 fully saturated rings. The smallest absolute Gasteiger partial charge is 0.306 e. The molecular weight excluding hydrogens is 446 g/mol. The zero-order chi connectivity index (χ0) is 20.0. The van der Waals surface area contributed by atoms with Crippen LogP contribution in [0.25, 0.3) is 0 Å². The minimum atomic E-state index is -3.50. The van der Waals surface area contributed by atoms with E-state index in [1.165, 1.54) is 4.31 Å². The van der Waals surface area contributed by atoms with Gasteiger partial charge < -0.3 is 9.47 Å². The van der Waals surface area contributed by atoms with Crippen molar-refractivity contribution in [2.75, 3.05) is 26.3 Å². The summed E-state index contributed by atoms with van der Waals surface area (Å²) in [4.78, 5) is 12.2. The largest absolute Gasteiger partial charge is 0.461 e. The van der Waals surface area contributed by atoms with Crippen LogP contribution in [0.15, 0.2) is 57.9 Å². The summed E-state index contributed by atoms with van der Waals surface area (Å²) in [5.41, 5.74) is 1.81. The Morgan fingerprint density at radius 3 is 2.46 bits per heavy atom. The maximum Gasteiger partial charge on any atom is 0.306 e. The third-order valence-electron chi connectivity index (χ3n) is 4.44.